The molecule has 2 heterocycles. The minimum Gasteiger partial charge on any atom is -0.352 e. The van der Waals surface area contributed by atoms with Crippen LogP contribution in [-0.2, 0) is 16.1 Å². The van der Waals surface area contributed by atoms with Gasteiger partial charge in [-0.05, 0) is 24.1 Å². The second kappa shape index (κ2) is 7.42. The summed E-state index contributed by atoms with van der Waals surface area (Å²) in [6.07, 6.45) is 4.04. The summed E-state index contributed by atoms with van der Waals surface area (Å²) in [4.78, 5) is 30.3. The number of nitrogens with zero attached hydrogens (tertiary/aromatic N) is 2. The van der Waals surface area contributed by atoms with Crippen LogP contribution in [-0.4, -0.2) is 28.7 Å². The van der Waals surface area contributed by atoms with Gasteiger partial charge >= 0.3 is 0 Å². The van der Waals surface area contributed by atoms with Crippen LogP contribution in [0.1, 0.15) is 30.0 Å². The molecule has 1 aliphatic heterocycles. The third-order valence-electron chi connectivity index (χ3n) is 4.61. The number of benzene rings is 1. The van der Waals surface area contributed by atoms with Gasteiger partial charge in [0.15, 0.2) is 0 Å². The molecule has 0 bridgehead atoms. The quantitative estimate of drug-likeness (QED) is 0.929. The molecule has 0 aliphatic carbocycles. The van der Waals surface area contributed by atoms with Crippen molar-refractivity contribution in [1.29, 1.82) is 0 Å². The van der Waals surface area contributed by atoms with Crippen molar-refractivity contribution < 1.29 is 14.0 Å². The lowest BCUT2D eigenvalue weighted by molar-refractivity contribution is -0.141. The van der Waals surface area contributed by atoms with E-state index in [1.54, 1.807) is 43.7 Å². The van der Waals surface area contributed by atoms with Crippen LogP contribution in [0.5, 0.6) is 0 Å². The predicted octanol–water partition coefficient (Wildman–Crippen LogP) is 2.45. The highest BCUT2D eigenvalue weighted by molar-refractivity contribution is 5.84. The molecule has 2 amide bonds. The van der Waals surface area contributed by atoms with Gasteiger partial charge in [-0.25, -0.2) is 4.39 Å². The van der Waals surface area contributed by atoms with Crippen molar-refractivity contribution in [2.24, 2.45) is 5.92 Å². The van der Waals surface area contributed by atoms with Gasteiger partial charge in [0.25, 0.3) is 0 Å². The molecular formula is C19H20FN3O2. The van der Waals surface area contributed by atoms with E-state index in [1.807, 2.05) is 6.07 Å². The van der Waals surface area contributed by atoms with Gasteiger partial charge < -0.3 is 10.2 Å². The van der Waals surface area contributed by atoms with E-state index in [2.05, 4.69) is 10.3 Å². The molecule has 0 saturated carbocycles. The van der Waals surface area contributed by atoms with E-state index in [4.69, 9.17) is 0 Å². The van der Waals surface area contributed by atoms with E-state index in [0.29, 0.717) is 18.5 Å². The van der Waals surface area contributed by atoms with Gasteiger partial charge in [0.05, 0.1) is 12.0 Å². The maximum atomic E-state index is 14.3. The van der Waals surface area contributed by atoms with Gasteiger partial charge in [-0.2, -0.15) is 0 Å². The number of aromatic nitrogens is 1. The molecule has 1 N–H and O–H groups in total. The van der Waals surface area contributed by atoms with E-state index in [9.17, 15) is 14.0 Å². The van der Waals surface area contributed by atoms with E-state index in [0.717, 1.165) is 5.56 Å². The maximum Gasteiger partial charge on any atom is 0.225 e. The summed E-state index contributed by atoms with van der Waals surface area (Å²) < 4.78 is 14.3. The predicted molar refractivity (Wildman–Crippen MR) is 90.7 cm³/mol. The Kier molecular flexibility index (Phi) is 5.07. The van der Waals surface area contributed by atoms with Crippen molar-refractivity contribution in [3.63, 3.8) is 0 Å². The number of piperidine rings is 1. The highest BCUT2D eigenvalue weighted by Gasteiger charge is 2.39. The molecule has 6 heteroatoms. The highest BCUT2D eigenvalue weighted by atomic mass is 19.1. The number of likely N-dealkylation sites (tertiary alicyclic amines) is 1. The largest absolute Gasteiger partial charge is 0.352 e. The highest BCUT2D eigenvalue weighted by Crippen LogP contribution is 2.36. The minimum atomic E-state index is -0.601. The van der Waals surface area contributed by atoms with Crippen molar-refractivity contribution in [1.82, 2.24) is 15.2 Å². The number of carbonyl (C=O) groups is 2. The zero-order valence-electron chi connectivity index (χ0n) is 14.0. The number of amides is 2. The average Bonchev–Trinajstić information content (AvgIpc) is 2.63. The Hall–Kier alpha value is -2.76. The van der Waals surface area contributed by atoms with Crippen LogP contribution in [0.4, 0.5) is 4.39 Å². The second-order valence-corrected chi connectivity index (χ2v) is 6.20. The Balaban J connectivity index is 1.81. The van der Waals surface area contributed by atoms with Gasteiger partial charge in [0, 0.05) is 38.0 Å². The van der Waals surface area contributed by atoms with E-state index >= 15 is 0 Å². The number of carbonyl (C=O) groups excluding carboxylic acids is 2. The van der Waals surface area contributed by atoms with Crippen molar-refractivity contribution >= 4 is 11.8 Å². The van der Waals surface area contributed by atoms with Crippen LogP contribution >= 0.6 is 0 Å². The lowest BCUT2D eigenvalue weighted by Crippen LogP contribution is -2.46. The molecule has 130 valence electrons. The smallest absolute Gasteiger partial charge is 0.225 e. The van der Waals surface area contributed by atoms with Gasteiger partial charge in [-0.15, -0.1) is 0 Å². The summed E-state index contributed by atoms with van der Waals surface area (Å²) in [5, 5.41) is 2.88. The van der Waals surface area contributed by atoms with Gasteiger partial charge in [-0.1, -0.05) is 24.3 Å². The van der Waals surface area contributed by atoms with E-state index in [-0.39, 0.29) is 18.2 Å². The SMILES string of the molecule is CN1C(=O)CCC(C(=O)NCc2cccnc2)C1c1ccccc1F. The molecule has 0 radical (unpaired) electrons. The van der Waals surface area contributed by atoms with Crippen molar-refractivity contribution in [3.05, 3.63) is 65.7 Å². The third-order valence-corrected chi connectivity index (χ3v) is 4.61. The molecule has 1 aromatic heterocycles. The first-order chi connectivity index (χ1) is 12.1. The lowest BCUT2D eigenvalue weighted by Gasteiger charge is -2.38. The monoisotopic (exact) mass is 341 g/mol. The molecular weight excluding hydrogens is 321 g/mol. The third kappa shape index (κ3) is 3.68. The second-order valence-electron chi connectivity index (χ2n) is 6.20. The first-order valence-corrected chi connectivity index (χ1v) is 8.24. The van der Waals surface area contributed by atoms with Gasteiger partial charge in [0.2, 0.25) is 11.8 Å². The maximum absolute atomic E-state index is 14.3. The van der Waals surface area contributed by atoms with Crippen LogP contribution in [0, 0.1) is 11.7 Å². The van der Waals surface area contributed by atoms with Crippen molar-refractivity contribution in [2.75, 3.05) is 7.05 Å². The van der Waals surface area contributed by atoms with Crippen LogP contribution in [0.15, 0.2) is 48.8 Å². The number of hydrogen-bond donors (Lipinski definition) is 1. The summed E-state index contributed by atoms with van der Waals surface area (Å²) in [7, 11) is 1.62. The average molecular weight is 341 g/mol. The Morgan fingerprint density at radius 1 is 1.32 bits per heavy atom. The summed E-state index contributed by atoms with van der Waals surface area (Å²) in [5.74, 6) is -1.16. The molecule has 1 aromatic carbocycles. The van der Waals surface area contributed by atoms with Gasteiger partial charge in [-0.3, -0.25) is 14.6 Å². The number of hydrogen-bond acceptors (Lipinski definition) is 3. The molecule has 0 spiro atoms. The molecule has 2 unspecified atom stereocenters. The standard InChI is InChI=1S/C19H20FN3O2/c1-23-17(24)9-8-15(18(23)14-6-2-3-7-16(14)20)19(25)22-12-13-5-4-10-21-11-13/h2-7,10-11,15,18H,8-9,12H2,1H3,(H,22,25). The van der Waals surface area contributed by atoms with E-state index in [1.165, 1.54) is 11.0 Å². The topological polar surface area (TPSA) is 62.3 Å². The number of pyridine rings is 1. The summed E-state index contributed by atoms with van der Waals surface area (Å²) >= 11 is 0. The van der Waals surface area contributed by atoms with Crippen LogP contribution in [0.3, 0.4) is 0 Å². The molecule has 2 atom stereocenters. The molecule has 2 aromatic rings. The fraction of sp³-hybridized carbons (Fsp3) is 0.316. The molecule has 3 rings (SSSR count). The molecule has 1 aliphatic rings. The summed E-state index contributed by atoms with van der Waals surface area (Å²) in [6.45, 7) is 0.352. The zero-order valence-corrected chi connectivity index (χ0v) is 14.0. The Bertz CT molecular complexity index is 766. The van der Waals surface area contributed by atoms with Crippen LogP contribution in [0.2, 0.25) is 0 Å². The number of nitrogens with one attached hydrogen (secondary N) is 1. The molecule has 25 heavy (non-hydrogen) atoms. The molecule has 1 saturated heterocycles. The Morgan fingerprint density at radius 2 is 2.12 bits per heavy atom. The zero-order chi connectivity index (χ0) is 17.8. The van der Waals surface area contributed by atoms with Crippen molar-refractivity contribution in [3.8, 4) is 0 Å². The fourth-order valence-electron chi connectivity index (χ4n) is 3.28. The molecule has 1 fully saturated rings. The Labute approximate surface area is 145 Å². The Morgan fingerprint density at radius 3 is 2.84 bits per heavy atom. The van der Waals surface area contributed by atoms with Crippen molar-refractivity contribution in [2.45, 2.75) is 25.4 Å². The van der Waals surface area contributed by atoms with E-state index < -0.39 is 17.8 Å². The van der Waals surface area contributed by atoms with Gasteiger partial charge in [0.1, 0.15) is 5.82 Å². The first kappa shape index (κ1) is 17.1. The first-order valence-electron chi connectivity index (χ1n) is 8.24. The lowest BCUT2D eigenvalue weighted by atomic mass is 9.83. The van der Waals surface area contributed by atoms with Crippen LogP contribution < -0.4 is 5.32 Å². The number of halogens is 1. The number of rotatable bonds is 4. The van der Waals surface area contributed by atoms with Crippen LogP contribution in [0.25, 0.3) is 0 Å². The molecule has 5 nitrogen and oxygen atoms in total. The summed E-state index contributed by atoms with van der Waals surface area (Å²) in [6, 6.07) is 9.38. The minimum absolute atomic E-state index is 0.0791. The normalized spacial score (nSPS) is 20.4. The summed E-state index contributed by atoms with van der Waals surface area (Å²) in [5.41, 5.74) is 1.26. The fourth-order valence-corrected chi connectivity index (χ4v) is 3.28.